The predicted molar refractivity (Wildman–Crippen MR) is 60.8 cm³/mol. The van der Waals surface area contributed by atoms with Crippen LogP contribution < -0.4 is 0 Å². The monoisotopic (exact) mass is 178 g/mol. The lowest BCUT2D eigenvalue weighted by Crippen LogP contribution is -1.92. The molecular weight excluding hydrogens is 156 g/mol. The molecule has 0 heteroatoms. The topological polar surface area (TPSA) is 0 Å². The van der Waals surface area contributed by atoms with Crippen molar-refractivity contribution in [3.63, 3.8) is 0 Å². The van der Waals surface area contributed by atoms with Crippen LogP contribution in [0.25, 0.3) is 0 Å². The average Bonchev–Trinajstić information content (AvgIpc) is 2.02. The third-order valence-corrected chi connectivity index (χ3v) is 1.99. The van der Waals surface area contributed by atoms with Gasteiger partial charge in [-0.25, -0.2) is 0 Å². The van der Waals surface area contributed by atoms with Gasteiger partial charge < -0.3 is 0 Å². The second-order valence-corrected chi connectivity index (χ2v) is 3.91. The van der Waals surface area contributed by atoms with Crippen LogP contribution in [0.5, 0.6) is 0 Å². The maximum Gasteiger partial charge on any atom is -0.0169 e. The van der Waals surface area contributed by atoms with Crippen LogP contribution in [0, 0.1) is 5.92 Å². The molecule has 0 aliphatic carbocycles. The first-order valence-electron chi connectivity index (χ1n) is 5.17. The highest BCUT2D eigenvalue weighted by Gasteiger charge is 1.99. The molecule has 0 nitrogen and oxygen atoms in total. The fourth-order valence-electron chi connectivity index (χ4n) is 1.26. The molecule has 0 aromatic heterocycles. The van der Waals surface area contributed by atoms with E-state index >= 15 is 0 Å². The van der Waals surface area contributed by atoms with Crippen LogP contribution >= 0.6 is 0 Å². The second-order valence-electron chi connectivity index (χ2n) is 3.91. The molecule has 0 rings (SSSR count). The molecule has 0 spiro atoms. The Morgan fingerprint density at radius 3 is 2.31 bits per heavy atom. The molecule has 0 saturated heterocycles. The van der Waals surface area contributed by atoms with Crippen molar-refractivity contribution < 1.29 is 0 Å². The normalized spacial score (nSPS) is 9.38. The van der Waals surface area contributed by atoms with Gasteiger partial charge in [0.25, 0.3) is 0 Å². The Bertz CT molecular complexity index is 218. The molecule has 0 amide bonds. The van der Waals surface area contributed by atoms with Gasteiger partial charge in [0.15, 0.2) is 0 Å². The average molecular weight is 178 g/mol. The molecule has 13 heavy (non-hydrogen) atoms. The Kier molecular flexibility index (Phi) is 6.36. The van der Waals surface area contributed by atoms with Crippen molar-refractivity contribution in [3.8, 4) is 0 Å². The standard InChI is InChI=1S/C13H22/c1-6-7-8-9-10-13(11(2)3)12(4)5/h8,10-11H,6-7H2,1-5H3. The highest BCUT2D eigenvalue weighted by molar-refractivity contribution is 5.24. The summed E-state index contributed by atoms with van der Waals surface area (Å²) in [5, 5.41) is 0. The Hall–Kier alpha value is -0.740. The Balaban J connectivity index is 4.46. The van der Waals surface area contributed by atoms with Gasteiger partial charge in [0.2, 0.25) is 0 Å². The van der Waals surface area contributed by atoms with E-state index in [1.54, 1.807) is 0 Å². The largest absolute Gasteiger partial charge is 0.125 e. The third-order valence-electron chi connectivity index (χ3n) is 1.99. The molecule has 0 aromatic rings. The quantitative estimate of drug-likeness (QED) is 0.439. The second kappa shape index (κ2) is 6.74. The molecule has 0 saturated carbocycles. The maximum absolute atomic E-state index is 3.24. The Labute approximate surface area is 83.0 Å². The molecule has 0 atom stereocenters. The van der Waals surface area contributed by atoms with E-state index < -0.39 is 0 Å². The summed E-state index contributed by atoms with van der Waals surface area (Å²) in [6.45, 7) is 10.9. The van der Waals surface area contributed by atoms with Gasteiger partial charge in [0, 0.05) is 0 Å². The third kappa shape index (κ3) is 5.49. The molecule has 0 aromatic carbocycles. The van der Waals surface area contributed by atoms with Gasteiger partial charge in [-0.1, -0.05) is 32.8 Å². The minimum absolute atomic E-state index is 0.604. The smallest absolute Gasteiger partial charge is 0.0169 e. The van der Waals surface area contributed by atoms with Crippen LogP contribution in [-0.4, -0.2) is 0 Å². The molecular formula is C13H22. The first kappa shape index (κ1) is 12.3. The van der Waals surface area contributed by atoms with E-state index in [0.29, 0.717) is 5.92 Å². The van der Waals surface area contributed by atoms with Gasteiger partial charge in [0.05, 0.1) is 0 Å². The van der Waals surface area contributed by atoms with Gasteiger partial charge in [-0.2, -0.15) is 0 Å². The lowest BCUT2D eigenvalue weighted by Gasteiger charge is -2.07. The fourth-order valence-corrected chi connectivity index (χ4v) is 1.26. The molecule has 0 aliphatic rings. The van der Waals surface area contributed by atoms with Crippen molar-refractivity contribution in [3.05, 3.63) is 29.0 Å². The van der Waals surface area contributed by atoms with Crippen molar-refractivity contribution >= 4 is 0 Å². The SMILES string of the molecule is CCCC=C=CC(=C(C)C)C(C)C. The van der Waals surface area contributed by atoms with E-state index in [4.69, 9.17) is 0 Å². The van der Waals surface area contributed by atoms with Crippen LogP contribution in [0.1, 0.15) is 47.5 Å². The number of unbranched alkanes of at least 4 members (excludes halogenated alkanes) is 1. The first-order chi connectivity index (χ1) is 6.09. The number of hydrogen-bond acceptors (Lipinski definition) is 0. The van der Waals surface area contributed by atoms with Crippen molar-refractivity contribution in [1.82, 2.24) is 0 Å². The lowest BCUT2D eigenvalue weighted by molar-refractivity contribution is 0.780. The summed E-state index contributed by atoms with van der Waals surface area (Å²) in [6.07, 6.45) is 6.57. The summed E-state index contributed by atoms with van der Waals surface area (Å²) in [5.41, 5.74) is 6.05. The van der Waals surface area contributed by atoms with E-state index in [1.165, 1.54) is 17.6 Å². The molecule has 0 fully saturated rings. The fraction of sp³-hybridized carbons (Fsp3) is 0.615. The van der Waals surface area contributed by atoms with Crippen LogP contribution in [0.4, 0.5) is 0 Å². The lowest BCUT2D eigenvalue weighted by atomic mass is 9.99. The molecule has 0 bridgehead atoms. The zero-order valence-corrected chi connectivity index (χ0v) is 9.65. The summed E-state index contributed by atoms with van der Waals surface area (Å²) in [5.74, 6) is 0.604. The molecule has 0 heterocycles. The van der Waals surface area contributed by atoms with E-state index in [9.17, 15) is 0 Å². The molecule has 0 unspecified atom stereocenters. The zero-order valence-electron chi connectivity index (χ0n) is 9.65. The van der Waals surface area contributed by atoms with Gasteiger partial charge >= 0.3 is 0 Å². The van der Waals surface area contributed by atoms with Gasteiger partial charge in [0.1, 0.15) is 0 Å². The minimum Gasteiger partial charge on any atom is -0.125 e. The first-order valence-corrected chi connectivity index (χ1v) is 5.17. The summed E-state index contributed by atoms with van der Waals surface area (Å²) in [7, 11) is 0. The van der Waals surface area contributed by atoms with Crippen molar-refractivity contribution in [2.45, 2.75) is 47.5 Å². The highest BCUT2D eigenvalue weighted by Crippen LogP contribution is 2.15. The highest BCUT2D eigenvalue weighted by atomic mass is 14.0. The maximum atomic E-state index is 3.24. The molecule has 0 aliphatic heterocycles. The molecule has 0 N–H and O–H groups in total. The van der Waals surface area contributed by atoms with E-state index in [0.717, 1.165) is 6.42 Å². The van der Waals surface area contributed by atoms with Gasteiger partial charge in [-0.15, -0.1) is 5.73 Å². The van der Waals surface area contributed by atoms with Crippen LogP contribution in [0.3, 0.4) is 0 Å². The van der Waals surface area contributed by atoms with Gasteiger partial charge in [-0.3, -0.25) is 0 Å². The number of hydrogen-bond donors (Lipinski definition) is 0. The van der Waals surface area contributed by atoms with Crippen molar-refractivity contribution in [2.75, 3.05) is 0 Å². The van der Waals surface area contributed by atoms with Crippen molar-refractivity contribution in [2.24, 2.45) is 5.92 Å². The predicted octanol–water partition coefficient (Wildman–Crippen LogP) is 4.49. The van der Waals surface area contributed by atoms with E-state index in [2.05, 4.69) is 52.5 Å². The molecule has 0 radical (unpaired) electrons. The summed E-state index contributed by atoms with van der Waals surface area (Å²) >= 11 is 0. The van der Waals surface area contributed by atoms with Crippen molar-refractivity contribution in [1.29, 1.82) is 0 Å². The van der Waals surface area contributed by atoms with E-state index in [-0.39, 0.29) is 0 Å². The number of rotatable bonds is 4. The van der Waals surface area contributed by atoms with Gasteiger partial charge in [-0.05, 0) is 43.9 Å². The summed E-state index contributed by atoms with van der Waals surface area (Å²) < 4.78 is 0. The van der Waals surface area contributed by atoms with Crippen LogP contribution in [0.15, 0.2) is 29.0 Å². The Morgan fingerprint density at radius 1 is 1.31 bits per heavy atom. The van der Waals surface area contributed by atoms with E-state index in [1.807, 2.05) is 0 Å². The summed E-state index contributed by atoms with van der Waals surface area (Å²) in [6, 6.07) is 0. The zero-order chi connectivity index (χ0) is 10.3. The van der Waals surface area contributed by atoms with Crippen LogP contribution in [-0.2, 0) is 0 Å². The summed E-state index contributed by atoms with van der Waals surface area (Å²) in [4.78, 5) is 0. The number of allylic oxidation sites excluding steroid dienone is 3. The Morgan fingerprint density at radius 2 is 1.92 bits per heavy atom. The van der Waals surface area contributed by atoms with Crippen LogP contribution in [0.2, 0.25) is 0 Å². The molecule has 74 valence electrons. The minimum atomic E-state index is 0.604.